The molecule has 1 aliphatic rings. The molecule has 2 N–H and O–H groups in total. The highest BCUT2D eigenvalue weighted by atomic mass is 16.3. The van der Waals surface area contributed by atoms with E-state index in [9.17, 15) is 9.90 Å². The summed E-state index contributed by atoms with van der Waals surface area (Å²) in [5, 5.41) is 16.8. The summed E-state index contributed by atoms with van der Waals surface area (Å²) < 4.78 is 1.60. The summed E-state index contributed by atoms with van der Waals surface area (Å²) in [5.41, 5.74) is 0.598. The molecule has 6 heteroatoms. The summed E-state index contributed by atoms with van der Waals surface area (Å²) in [4.78, 5) is 16.5. The van der Waals surface area contributed by atoms with E-state index in [0.29, 0.717) is 17.9 Å². The zero-order chi connectivity index (χ0) is 13.9. The average molecular weight is 272 g/mol. The summed E-state index contributed by atoms with van der Waals surface area (Å²) in [7, 11) is 0. The van der Waals surface area contributed by atoms with E-state index < -0.39 is 6.10 Å². The first-order valence-corrected chi connectivity index (χ1v) is 6.69. The second kappa shape index (κ2) is 5.42. The van der Waals surface area contributed by atoms with E-state index in [1.807, 2.05) is 0 Å². The molecule has 1 fully saturated rings. The first kappa shape index (κ1) is 12.8. The number of aliphatic hydroxyl groups is 1. The molecule has 0 saturated heterocycles. The Labute approximate surface area is 116 Å². The van der Waals surface area contributed by atoms with Crippen LogP contribution in [0.2, 0.25) is 0 Å². The average Bonchev–Trinajstić information content (AvgIpc) is 3.10. The number of nitrogens with zero attached hydrogens (tertiary/aromatic N) is 3. The number of carbonyl (C=O) groups excluding carboxylic acids is 1. The second-order valence-electron chi connectivity index (χ2n) is 4.92. The fourth-order valence-electron chi connectivity index (χ4n) is 2.54. The van der Waals surface area contributed by atoms with E-state index in [1.165, 1.54) is 0 Å². The molecule has 0 spiro atoms. The molecule has 0 bridgehead atoms. The number of rotatable bonds is 3. The van der Waals surface area contributed by atoms with Crippen molar-refractivity contribution >= 4 is 11.6 Å². The number of aliphatic hydroxyl groups excluding tert-OH is 1. The molecule has 6 nitrogen and oxygen atoms in total. The molecule has 104 valence electrons. The van der Waals surface area contributed by atoms with Gasteiger partial charge in [-0.1, -0.05) is 0 Å². The Bertz CT molecular complexity index is 597. The minimum Gasteiger partial charge on any atom is -0.392 e. The van der Waals surface area contributed by atoms with Gasteiger partial charge in [0.05, 0.1) is 17.7 Å². The smallest absolute Gasteiger partial charge is 0.230 e. The van der Waals surface area contributed by atoms with E-state index in [0.717, 1.165) is 12.8 Å². The molecule has 2 unspecified atom stereocenters. The zero-order valence-electron chi connectivity index (χ0n) is 10.9. The molecule has 0 aliphatic heterocycles. The fraction of sp³-hybridized carbons (Fsp3) is 0.357. The summed E-state index contributed by atoms with van der Waals surface area (Å²) >= 11 is 0. The maximum absolute atomic E-state index is 12.2. The number of anilines is 1. The van der Waals surface area contributed by atoms with Gasteiger partial charge in [-0.05, 0) is 37.5 Å². The third-order valence-electron chi connectivity index (χ3n) is 3.58. The van der Waals surface area contributed by atoms with Crippen molar-refractivity contribution in [2.45, 2.75) is 25.4 Å². The van der Waals surface area contributed by atoms with Gasteiger partial charge < -0.3 is 10.4 Å². The van der Waals surface area contributed by atoms with Gasteiger partial charge in [0.1, 0.15) is 0 Å². The normalized spacial score (nSPS) is 21.9. The Morgan fingerprint density at radius 3 is 2.95 bits per heavy atom. The molecule has 2 aromatic heterocycles. The summed E-state index contributed by atoms with van der Waals surface area (Å²) in [6.07, 6.45) is 6.83. The van der Waals surface area contributed by atoms with Crippen LogP contribution in [0.5, 0.6) is 0 Å². The van der Waals surface area contributed by atoms with Crippen molar-refractivity contribution in [1.29, 1.82) is 0 Å². The number of nitrogens with one attached hydrogen (secondary N) is 1. The lowest BCUT2D eigenvalue weighted by atomic mass is 10.1. The van der Waals surface area contributed by atoms with Gasteiger partial charge in [0.2, 0.25) is 5.91 Å². The Morgan fingerprint density at radius 2 is 2.25 bits per heavy atom. The van der Waals surface area contributed by atoms with Crippen LogP contribution in [0.3, 0.4) is 0 Å². The molecule has 0 radical (unpaired) electrons. The Kier molecular flexibility index (Phi) is 3.47. The van der Waals surface area contributed by atoms with E-state index in [4.69, 9.17) is 0 Å². The Balaban J connectivity index is 1.83. The van der Waals surface area contributed by atoms with E-state index in [1.54, 1.807) is 41.5 Å². The van der Waals surface area contributed by atoms with Crippen LogP contribution in [0.25, 0.3) is 5.82 Å². The number of aromatic nitrogens is 3. The first-order chi connectivity index (χ1) is 9.75. The molecule has 0 aromatic carbocycles. The van der Waals surface area contributed by atoms with Crippen LogP contribution in [0.15, 0.2) is 36.8 Å². The lowest BCUT2D eigenvalue weighted by Crippen LogP contribution is -2.29. The number of hydrogen-bond acceptors (Lipinski definition) is 4. The van der Waals surface area contributed by atoms with Crippen LogP contribution >= 0.6 is 0 Å². The fourth-order valence-corrected chi connectivity index (χ4v) is 2.54. The molecule has 1 amide bonds. The summed E-state index contributed by atoms with van der Waals surface area (Å²) in [6.45, 7) is 0. The quantitative estimate of drug-likeness (QED) is 0.884. The molecule has 2 aromatic rings. The largest absolute Gasteiger partial charge is 0.392 e. The van der Waals surface area contributed by atoms with Gasteiger partial charge in [0.15, 0.2) is 5.82 Å². The summed E-state index contributed by atoms with van der Waals surface area (Å²) in [6, 6.07) is 5.33. The number of hydrogen-bond donors (Lipinski definition) is 2. The molecule has 20 heavy (non-hydrogen) atoms. The lowest BCUT2D eigenvalue weighted by molar-refractivity contribution is -0.122. The highest BCUT2D eigenvalue weighted by Crippen LogP contribution is 2.27. The van der Waals surface area contributed by atoms with Crippen LogP contribution in [-0.4, -0.2) is 31.9 Å². The van der Waals surface area contributed by atoms with Crippen molar-refractivity contribution in [2.75, 3.05) is 5.32 Å². The first-order valence-electron chi connectivity index (χ1n) is 6.69. The Morgan fingerprint density at radius 1 is 1.35 bits per heavy atom. The monoisotopic (exact) mass is 272 g/mol. The van der Waals surface area contributed by atoms with Gasteiger partial charge in [-0.2, -0.15) is 5.10 Å². The van der Waals surface area contributed by atoms with E-state index in [-0.39, 0.29) is 11.8 Å². The minimum absolute atomic E-state index is 0.156. The van der Waals surface area contributed by atoms with Gasteiger partial charge >= 0.3 is 0 Å². The molecule has 3 rings (SSSR count). The van der Waals surface area contributed by atoms with E-state index in [2.05, 4.69) is 15.4 Å². The third kappa shape index (κ3) is 2.42. The van der Waals surface area contributed by atoms with Crippen molar-refractivity contribution in [3.63, 3.8) is 0 Å². The molecule has 1 saturated carbocycles. The lowest BCUT2D eigenvalue weighted by Gasteiger charge is -2.15. The Hall–Kier alpha value is -2.21. The van der Waals surface area contributed by atoms with Gasteiger partial charge in [-0.25, -0.2) is 9.67 Å². The molecule has 2 atom stereocenters. The highest BCUT2D eigenvalue weighted by molar-refractivity contribution is 5.94. The second-order valence-corrected chi connectivity index (χ2v) is 4.92. The van der Waals surface area contributed by atoms with E-state index >= 15 is 0 Å². The predicted molar refractivity (Wildman–Crippen MR) is 73.3 cm³/mol. The van der Waals surface area contributed by atoms with Crippen molar-refractivity contribution in [3.8, 4) is 5.82 Å². The molecule has 2 heterocycles. The van der Waals surface area contributed by atoms with Gasteiger partial charge in [0, 0.05) is 18.6 Å². The van der Waals surface area contributed by atoms with Crippen LogP contribution in [0.4, 0.5) is 5.69 Å². The highest BCUT2D eigenvalue weighted by Gasteiger charge is 2.31. The van der Waals surface area contributed by atoms with Crippen molar-refractivity contribution in [2.24, 2.45) is 5.92 Å². The topological polar surface area (TPSA) is 80.0 Å². The van der Waals surface area contributed by atoms with Crippen LogP contribution in [-0.2, 0) is 4.79 Å². The van der Waals surface area contributed by atoms with Crippen molar-refractivity contribution in [3.05, 3.63) is 36.8 Å². The molecular formula is C14H16N4O2. The van der Waals surface area contributed by atoms with Crippen molar-refractivity contribution < 1.29 is 9.90 Å². The number of carbonyl (C=O) groups is 1. The summed E-state index contributed by atoms with van der Waals surface area (Å²) in [5.74, 6) is 0.0791. The van der Waals surface area contributed by atoms with Crippen LogP contribution < -0.4 is 5.32 Å². The molecular weight excluding hydrogens is 256 g/mol. The molecule has 1 aliphatic carbocycles. The van der Waals surface area contributed by atoms with Gasteiger partial charge in [-0.3, -0.25) is 4.79 Å². The van der Waals surface area contributed by atoms with Crippen molar-refractivity contribution in [1.82, 2.24) is 14.8 Å². The zero-order valence-corrected chi connectivity index (χ0v) is 10.9. The van der Waals surface area contributed by atoms with Gasteiger partial charge in [-0.15, -0.1) is 0 Å². The van der Waals surface area contributed by atoms with Gasteiger partial charge in [0.25, 0.3) is 0 Å². The minimum atomic E-state index is -0.542. The maximum Gasteiger partial charge on any atom is 0.230 e. The SMILES string of the molecule is O=C(Nc1cccnc1-n1cccn1)C1CCCC1O. The standard InChI is InChI=1S/C14H16N4O2/c19-12-6-1-4-10(12)14(20)17-11-5-2-7-15-13(11)18-9-3-8-16-18/h2-3,5,7-10,12,19H,1,4,6H2,(H,17,20). The maximum atomic E-state index is 12.2. The van der Waals surface area contributed by atoms with Crippen LogP contribution in [0.1, 0.15) is 19.3 Å². The third-order valence-corrected chi connectivity index (χ3v) is 3.58. The predicted octanol–water partition coefficient (Wildman–Crippen LogP) is 1.37. The number of pyridine rings is 1. The van der Waals surface area contributed by atoms with Crippen LogP contribution in [0, 0.1) is 5.92 Å². The number of amides is 1.